The quantitative estimate of drug-likeness (QED) is 0.813. The van der Waals surface area contributed by atoms with E-state index in [0.717, 1.165) is 30.8 Å². The summed E-state index contributed by atoms with van der Waals surface area (Å²) >= 11 is 0. The molecule has 2 N–H and O–H groups in total. The molecule has 0 spiro atoms. The fourth-order valence-electron chi connectivity index (χ4n) is 3.61. The summed E-state index contributed by atoms with van der Waals surface area (Å²) in [7, 11) is 0. The summed E-state index contributed by atoms with van der Waals surface area (Å²) in [5, 5.41) is 3.51. The van der Waals surface area contributed by atoms with Crippen LogP contribution in [-0.4, -0.2) is 22.3 Å². The van der Waals surface area contributed by atoms with E-state index < -0.39 is 0 Å². The normalized spacial score (nSPS) is 24.1. The molecule has 0 bridgehead atoms. The monoisotopic (exact) mass is 257 g/mol. The summed E-state index contributed by atoms with van der Waals surface area (Å²) in [6, 6.07) is 9.27. The number of quaternary nitrogens is 1. The predicted octanol–water partition coefficient (Wildman–Crippen LogP) is 1.59. The molecule has 1 aromatic carbocycles. The Morgan fingerprint density at radius 1 is 1.16 bits per heavy atom. The van der Waals surface area contributed by atoms with Crippen LogP contribution < -0.4 is 10.2 Å². The Morgan fingerprint density at radius 2 is 2.00 bits per heavy atom. The van der Waals surface area contributed by atoms with E-state index >= 15 is 0 Å². The van der Waals surface area contributed by atoms with Crippen LogP contribution in [0.5, 0.6) is 0 Å². The van der Waals surface area contributed by atoms with Gasteiger partial charge in [0.1, 0.15) is 0 Å². The minimum atomic E-state index is 0.829. The SMILES string of the molecule is c1ccc2c(c1)nc1n2C[NH+](C2CCCCC2)CN1. The average molecular weight is 257 g/mol. The first kappa shape index (κ1) is 11.3. The van der Waals surface area contributed by atoms with Gasteiger partial charge in [-0.2, -0.15) is 0 Å². The Balaban J connectivity index is 1.65. The zero-order chi connectivity index (χ0) is 12.7. The Kier molecular flexibility index (Phi) is 2.69. The van der Waals surface area contributed by atoms with Gasteiger partial charge in [-0.3, -0.25) is 9.47 Å². The molecule has 1 saturated carbocycles. The van der Waals surface area contributed by atoms with E-state index in [1.54, 1.807) is 4.90 Å². The van der Waals surface area contributed by atoms with E-state index in [9.17, 15) is 0 Å². The molecule has 2 aliphatic rings. The molecule has 4 heteroatoms. The van der Waals surface area contributed by atoms with Crippen LogP contribution in [0, 0.1) is 0 Å². The van der Waals surface area contributed by atoms with E-state index in [-0.39, 0.29) is 0 Å². The van der Waals surface area contributed by atoms with Gasteiger partial charge in [0.15, 0.2) is 13.3 Å². The Labute approximate surface area is 113 Å². The smallest absolute Gasteiger partial charge is 0.212 e. The Bertz CT molecular complexity index is 583. The van der Waals surface area contributed by atoms with Gasteiger partial charge in [-0.15, -0.1) is 0 Å². The van der Waals surface area contributed by atoms with Crippen molar-refractivity contribution in [1.29, 1.82) is 0 Å². The first-order valence-corrected chi connectivity index (χ1v) is 7.45. The van der Waals surface area contributed by atoms with Crippen molar-refractivity contribution in [2.45, 2.75) is 44.8 Å². The van der Waals surface area contributed by atoms with Gasteiger partial charge in [-0.1, -0.05) is 18.6 Å². The number of nitrogens with one attached hydrogen (secondary N) is 2. The van der Waals surface area contributed by atoms with Crippen LogP contribution in [0.25, 0.3) is 11.0 Å². The highest BCUT2D eigenvalue weighted by Gasteiger charge is 2.29. The third-order valence-corrected chi connectivity index (χ3v) is 4.67. The number of fused-ring (bicyclic) bond motifs is 3. The number of para-hydroxylation sites is 2. The second-order valence-corrected chi connectivity index (χ2v) is 5.86. The molecule has 4 nitrogen and oxygen atoms in total. The molecule has 1 aliphatic carbocycles. The van der Waals surface area contributed by atoms with Crippen LogP contribution in [0.2, 0.25) is 0 Å². The van der Waals surface area contributed by atoms with Gasteiger partial charge in [-0.25, -0.2) is 4.98 Å². The van der Waals surface area contributed by atoms with Gasteiger partial charge in [0.2, 0.25) is 5.95 Å². The Hall–Kier alpha value is -1.55. The Morgan fingerprint density at radius 3 is 2.89 bits per heavy atom. The first-order chi connectivity index (χ1) is 9.42. The minimum absolute atomic E-state index is 0.829. The number of anilines is 1. The topological polar surface area (TPSA) is 34.3 Å². The molecule has 0 radical (unpaired) electrons. The van der Waals surface area contributed by atoms with Crippen LogP contribution in [-0.2, 0) is 6.67 Å². The number of aromatic nitrogens is 2. The van der Waals surface area contributed by atoms with Gasteiger partial charge >= 0.3 is 0 Å². The molecule has 4 rings (SSSR count). The molecular weight excluding hydrogens is 236 g/mol. The van der Waals surface area contributed by atoms with E-state index in [1.165, 1.54) is 37.6 Å². The molecule has 100 valence electrons. The maximum Gasteiger partial charge on any atom is 0.212 e. The average Bonchev–Trinajstić information content (AvgIpc) is 2.86. The molecule has 0 saturated heterocycles. The van der Waals surface area contributed by atoms with Gasteiger partial charge in [0.05, 0.1) is 17.1 Å². The van der Waals surface area contributed by atoms with Crippen molar-refractivity contribution in [1.82, 2.24) is 9.55 Å². The molecule has 1 aliphatic heterocycles. The highest BCUT2D eigenvalue weighted by molar-refractivity contribution is 5.78. The fraction of sp³-hybridized carbons (Fsp3) is 0.533. The number of nitrogens with zero attached hydrogens (tertiary/aromatic N) is 2. The maximum atomic E-state index is 4.67. The van der Waals surface area contributed by atoms with Gasteiger partial charge in [0.25, 0.3) is 0 Å². The van der Waals surface area contributed by atoms with Crippen LogP contribution in [0.4, 0.5) is 5.95 Å². The van der Waals surface area contributed by atoms with Crippen LogP contribution in [0.3, 0.4) is 0 Å². The number of rotatable bonds is 1. The van der Waals surface area contributed by atoms with E-state index in [1.807, 2.05) is 0 Å². The number of benzene rings is 1. The molecule has 1 unspecified atom stereocenters. The van der Waals surface area contributed by atoms with Crippen molar-refractivity contribution < 1.29 is 4.90 Å². The number of imidazole rings is 1. The third-order valence-electron chi connectivity index (χ3n) is 4.67. The third kappa shape index (κ3) is 1.91. The van der Waals surface area contributed by atoms with Gasteiger partial charge in [-0.05, 0) is 37.8 Å². The lowest BCUT2D eigenvalue weighted by molar-refractivity contribution is -0.947. The van der Waals surface area contributed by atoms with Crippen molar-refractivity contribution >= 4 is 17.0 Å². The van der Waals surface area contributed by atoms with E-state index in [2.05, 4.69) is 39.1 Å². The standard InChI is InChI=1S/C15H20N4/c1-2-6-12(7-3-1)18-10-16-15-17-13-8-4-5-9-14(13)19(15)11-18/h4-5,8-9,12H,1-3,6-7,10-11H2,(H,16,17)/p+1. The molecule has 2 heterocycles. The minimum Gasteiger partial charge on any atom is -0.309 e. The zero-order valence-corrected chi connectivity index (χ0v) is 11.2. The van der Waals surface area contributed by atoms with Crippen molar-refractivity contribution in [2.75, 3.05) is 12.0 Å². The van der Waals surface area contributed by atoms with Crippen molar-refractivity contribution in [3.63, 3.8) is 0 Å². The summed E-state index contributed by atoms with van der Waals surface area (Å²) in [5.74, 6) is 1.04. The summed E-state index contributed by atoms with van der Waals surface area (Å²) in [4.78, 5) is 6.35. The summed E-state index contributed by atoms with van der Waals surface area (Å²) in [6.07, 6.45) is 7.02. The van der Waals surface area contributed by atoms with Crippen molar-refractivity contribution in [3.8, 4) is 0 Å². The molecule has 1 atom stereocenters. The lowest BCUT2D eigenvalue weighted by atomic mass is 9.94. The molecule has 0 amide bonds. The molecule has 1 aromatic heterocycles. The lowest BCUT2D eigenvalue weighted by Crippen LogP contribution is -3.17. The van der Waals surface area contributed by atoms with E-state index in [0.29, 0.717) is 0 Å². The first-order valence-electron chi connectivity index (χ1n) is 7.45. The summed E-state index contributed by atoms with van der Waals surface area (Å²) in [5.41, 5.74) is 2.37. The van der Waals surface area contributed by atoms with Crippen molar-refractivity contribution in [3.05, 3.63) is 24.3 Å². The largest absolute Gasteiger partial charge is 0.309 e. The van der Waals surface area contributed by atoms with E-state index in [4.69, 9.17) is 0 Å². The molecule has 19 heavy (non-hydrogen) atoms. The summed E-state index contributed by atoms with van der Waals surface area (Å²) < 4.78 is 2.35. The van der Waals surface area contributed by atoms with Crippen LogP contribution in [0.15, 0.2) is 24.3 Å². The number of hydrogen-bond acceptors (Lipinski definition) is 2. The second-order valence-electron chi connectivity index (χ2n) is 5.86. The van der Waals surface area contributed by atoms with Gasteiger partial charge in [0, 0.05) is 0 Å². The molecule has 2 aromatic rings. The lowest BCUT2D eigenvalue weighted by Gasteiger charge is -2.34. The number of hydrogen-bond donors (Lipinski definition) is 2. The molecular formula is C15H21N4+. The van der Waals surface area contributed by atoms with Crippen LogP contribution >= 0.6 is 0 Å². The summed E-state index contributed by atoms with van der Waals surface area (Å²) in [6.45, 7) is 2.08. The predicted molar refractivity (Wildman–Crippen MR) is 76.1 cm³/mol. The van der Waals surface area contributed by atoms with Gasteiger partial charge < -0.3 is 5.32 Å². The fourth-order valence-corrected chi connectivity index (χ4v) is 3.61. The highest BCUT2D eigenvalue weighted by Crippen LogP contribution is 2.21. The van der Waals surface area contributed by atoms with Crippen molar-refractivity contribution in [2.24, 2.45) is 0 Å². The highest BCUT2D eigenvalue weighted by atomic mass is 15.4. The maximum absolute atomic E-state index is 4.67. The van der Waals surface area contributed by atoms with Crippen LogP contribution in [0.1, 0.15) is 32.1 Å². The zero-order valence-electron chi connectivity index (χ0n) is 11.2. The second kappa shape index (κ2) is 4.53. The molecule has 1 fully saturated rings.